The molecule has 0 saturated carbocycles. The molecule has 2 aromatic carbocycles. The summed E-state index contributed by atoms with van der Waals surface area (Å²) in [5, 5.41) is -0.696. The van der Waals surface area contributed by atoms with Crippen molar-refractivity contribution >= 4 is 52.2 Å². The number of thioether (sulfide) groups is 1. The molecule has 212 valence electrons. The molecule has 13 heteroatoms. The summed E-state index contributed by atoms with van der Waals surface area (Å²) in [5.41, 5.74) is 1.63. The molecular formula is C28H25ClFN5O5S. The maximum Gasteiger partial charge on any atom is 0.294 e. The first-order chi connectivity index (χ1) is 19.8. The number of anilines is 1. The topological polar surface area (TPSA) is 105 Å². The lowest BCUT2D eigenvalue weighted by atomic mass is 10.2. The Hall–Kier alpha value is -4.16. The van der Waals surface area contributed by atoms with Gasteiger partial charge in [-0.3, -0.25) is 19.3 Å². The van der Waals surface area contributed by atoms with Crippen LogP contribution in [0.5, 0.6) is 17.4 Å². The Morgan fingerprint density at radius 2 is 1.85 bits per heavy atom. The molecule has 2 aliphatic heterocycles. The number of carbonyl (C=O) groups is 3. The second kappa shape index (κ2) is 12.6. The summed E-state index contributed by atoms with van der Waals surface area (Å²) in [6.45, 7) is 4.05. The summed E-state index contributed by atoms with van der Waals surface area (Å²) >= 11 is 6.51. The van der Waals surface area contributed by atoms with E-state index in [4.69, 9.17) is 21.1 Å². The van der Waals surface area contributed by atoms with Gasteiger partial charge in [0.1, 0.15) is 6.54 Å². The number of ether oxygens (including phenoxy) is 2. The van der Waals surface area contributed by atoms with Crippen molar-refractivity contribution in [2.24, 2.45) is 0 Å². The van der Waals surface area contributed by atoms with E-state index in [0.717, 1.165) is 28.5 Å². The zero-order chi connectivity index (χ0) is 28.9. The van der Waals surface area contributed by atoms with Crippen LogP contribution < -0.4 is 14.4 Å². The van der Waals surface area contributed by atoms with E-state index in [0.29, 0.717) is 31.7 Å². The molecule has 3 amide bonds. The van der Waals surface area contributed by atoms with Gasteiger partial charge in [0.15, 0.2) is 11.5 Å². The van der Waals surface area contributed by atoms with Crippen LogP contribution in [0.2, 0.25) is 5.28 Å². The number of amides is 3. The minimum Gasteiger partial charge on any atom is -0.490 e. The predicted molar refractivity (Wildman–Crippen MR) is 153 cm³/mol. The third kappa shape index (κ3) is 6.60. The number of halogens is 2. The van der Waals surface area contributed by atoms with Gasteiger partial charge in [0, 0.05) is 31.9 Å². The molecule has 41 heavy (non-hydrogen) atoms. The zero-order valence-electron chi connectivity index (χ0n) is 22.0. The third-order valence-corrected chi connectivity index (χ3v) is 7.46. The van der Waals surface area contributed by atoms with Gasteiger partial charge in [-0.25, -0.2) is 4.98 Å². The van der Waals surface area contributed by atoms with E-state index in [1.807, 2.05) is 30.3 Å². The summed E-state index contributed by atoms with van der Waals surface area (Å²) < 4.78 is 25.3. The molecule has 10 nitrogen and oxygen atoms in total. The molecule has 2 fully saturated rings. The zero-order valence-corrected chi connectivity index (χ0v) is 23.5. The molecule has 0 radical (unpaired) electrons. The number of rotatable bonds is 8. The van der Waals surface area contributed by atoms with Gasteiger partial charge in [-0.15, -0.1) is 0 Å². The van der Waals surface area contributed by atoms with E-state index in [-0.39, 0.29) is 46.6 Å². The van der Waals surface area contributed by atoms with E-state index in [2.05, 4.69) is 14.9 Å². The molecule has 3 heterocycles. The molecule has 1 aromatic heterocycles. The third-order valence-electron chi connectivity index (χ3n) is 6.38. The van der Waals surface area contributed by atoms with Gasteiger partial charge < -0.3 is 19.3 Å². The second-order valence-corrected chi connectivity index (χ2v) is 10.3. The van der Waals surface area contributed by atoms with E-state index in [1.54, 1.807) is 24.0 Å². The fourth-order valence-electron chi connectivity index (χ4n) is 4.35. The Morgan fingerprint density at radius 3 is 2.59 bits per heavy atom. The van der Waals surface area contributed by atoms with Gasteiger partial charge >= 0.3 is 0 Å². The summed E-state index contributed by atoms with van der Waals surface area (Å²) in [6, 6.07) is 14.7. The minimum atomic E-state index is -0.803. The van der Waals surface area contributed by atoms with Crippen LogP contribution in [0.25, 0.3) is 6.08 Å². The molecule has 2 saturated heterocycles. The van der Waals surface area contributed by atoms with Crippen LogP contribution >= 0.6 is 23.4 Å². The summed E-state index contributed by atoms with van der Waals surface area (Å²) in [6.07, 6.45) is 2.42. The van der Waals surface area contributed by atoms with Crippen molar-refractivity contribution in [2.75, 3.05) is 44.2 Å². The molecule has 2 aliphatic rings. The quantitative estimate of drug-likeness (QED) is 0.266. The highest BCUT2D eigenvalue weighted by Gasteiger charge is 2.37. The predicted octanol–water partition coefficient (Wildman–Crippen LogP) is 4.85. The van der Waals surface area contributed by atoms with Gasteiger partial charge in [0.05, 0.1) is 17.7 Å². The highest BCUT2D eigenvalue weighted by molar-refractivity contribution is 8.18. The molecule has 3 aromatic rings. The Balaban J connectivity index is 1.24. The van der Waals surface area contributed by atoms with Crippen LogP contribution in [0.4, 0.5) is 14.9 Å². The van der Waals surface area contributed by atoms with Gasteiger partial charge in [-0.05, 0) is 66.2 Å². The molecule has 0 N–H and O–H groups in total. The average molecular weight is 598 g/mol. The number of para-hydroxylation sites is 1. The van der Waals surface area contributed by atoms with Crippen molar-refractivity contribution in [1.29, 1.82) is 0 Å². The van der Waals surface area contributed by atoms with Crippen LogP contribution in [0.1, 0.15) is 12.5 Å². The number of hydrogen-bond donors (Lipinski definition) is 0. The van der Waals surface area contributed by atoms with Gasteiger partial charge in [-0.2, -0.15) is 9.37 Å². The largest absolute Gasteiger partial charge is 0.490 e. The van der Waals surface area contributed by atoms with Crippen molar-refractivity contribution in [1.82, 2.24) is 19.8 Å². The van der Waals surface area contributed by atoms with E-state index < -0.39 is 17.0 Å². The number of aromatic nitrogens is 2. The van der Waals surface area contributed by atoms with Crippen LogP contribution in [0.15, 0.2) is 59.6 Å². The van der Waals surface area contributed by atoms with Crippen molar-refractivity contribution in [3.63, 3.8) is 0 Å². The van der Waals surface area contributed by atoms with Crippen molar-refractivity contribution in [2.45, 2.75) is 6.92 Å². The van der Waals surface area contributed by atoms with Gasteiger partial charge in [0.2, 0.25) is 17.0 Å². The number of hydrogen-bond acceptors (Lipinski definition) is 9. The fraction of sp³-hybridized carbons (Fsp3) is 0.250. The number of imide groups is 1. The first-order valence-corrected chi connectivity index (χ1v) is 14.0. The first kappa shape index (κ1) is 28.4. The summed E-state index contributed by atoms with van der Waals surface area (Å²) in [4.78, 5) is 51.0. The summed E-state index contributed by atoms with van der Waals surface area (Å²) in [5.74, 6) is -1.57. The lowest BCUT2D eigenvalue weighted by Crippen LogP contribution is -2.51. The maximum absolute atomic E-state index is 14.1. The number of nitrogens with zero attached hydrogens (tertiary/aromatic N) is 5. The Bertz CT molecular complexity index is 1500. The summed E-state index contributed by atoms with van der Waals surface area (Å²) in [7, 11) is 0. The first-order valence-electron chi connectivity index (χ1n) is 12.8. The molecule has 0 atom stereocenters. The fourth-order valence-corrected chi connectivity index (χ4v) is 5.31. The standard InChI is InChI=1S/C28H25ClFN5O5S/c1-2-39-22-14-18(8-9-21(22)40-25-20(30)16-31-27(29)32-25)15-23-26(37)35(28(38)41-23)17-24(36)34-12-10-33(11-13-34)19-6-4-3-5-7-19/h3-9,14-16H,2,10-13,17H2,1H3/b23-15+. The molecule has 5 rings (SSSR count). The molecular weight excluding hydrogens is 573 g/mol. The smallest absolute Gasteiger partial charge is 0.294 e. The Kier molecular flexibility index (Phi) is 8.70. The van der Waals surface area contributed by atoms with Gasteiger partial charge in [0.25, 0.3) is 17.0 Å². The lowest BCUT2D eigenvalue weighted by Gasteiger charge is -2.36. The molecule has 0 spiro atoms. The van der Waals surface area contributed by atoms with E-state index in [9.17, 15) is 18.8 Å². The lowest BCUT2D eigenvalue weighted by molar-refractivity contribution is -0.136. The molecule has 0 unspecified atom stereocenters. The van der Waals surface area contributed by atoms with Crippen molar-refractivity contribution in [3.8, 4) is 17.4 Å². The Labute approximate surface area is 244 Å². The monoisotopic (exact) mass is 597 g/mol. The van der Waals surface area contributed by atoms with Crippen molar-refractivity contribution < 1.29 is 28.2 Å². The second-order valence-electron chi connectivity index (χ2n) is 9.00. The van der Waals surface area contributed by atoms with Gasteiger partial charge in [-0.1, -0.05) is 24.3 Å². The normalized spacial score (nSPS) is 16.5. The highest BCUT2D eigenvalue weighted by atomic mass is 35.5. The number of piperazine rings is 1. The van der Waals surface area contributed by atoms with Crippen LogP contribution in [-0.2, 0) is 9.59 Å². The SMILES string of the molecule is CCOc1cc(/C=C2/SC(=O)N(CC(=O)N3CCN(c4ccccc4)CC3)C2=O)ccc1Oc1nc(Cl)ncc1F. The van der Waals surface area contributed by atoms with E-state index in [1.165, 1.54) is 12.1 Å². The molecule has 0 bridgehead atoms. The maximum atomic E-state index is 14.1. The van der Waals surface area contributed by atoms with Crippen LogP contribution in [-0.4, -0.2) is 76.2 Å². The molecule has 0 aliphatic carbocycles. The van der Waals surface area contributed by atoms with E-state index >= 15 is 0 Å². The number of carbonyl (C=O) groups excluding carboxylic acids is 3. The van der Waals surface area contributed by atoms with Crippen LogP contribution in [0, 0.1) is 5.82 Å². The number of benzene rings is 2. The van der Waals surface area contributed by atoms with Crippen LogP contribution in [0.3, 0.4) is 0 Å². The average Bonchev–Trinajstić information content (AvgIpc) is 3.24. The van der Waals surface area contributed by atoms with Crippen molar-refractivity contribution in [3.05, 3.63) is 76.3 Å². The minimum absolute atomic E-state index is 0.168. The Morgan fingerprint density at radius 1 is 1.10 bits per heavy atom. The highest BCUT2D eigenvalue weighted by Crippen LogP contribution is 2.36.